The van der Waals surface area contributed by atoms with Crippen molar-refractivity contribution < 1.29 is 9.53 Å². The first-order chi connectivity index (χ1) is 7.27. The van der Waals surface area contributed by atoms with Crippen molar-refractivity contribution in [2.45, 2.75) is 32.7 Å². The predicted octanol–water partition coefficient (Wildman–Crippen LogP) is 1.28. The van der Waals surface area contributed by atoms with Crippen LogP contribution in [0.2, 0.25) is 0 Å². The minimum absolute atomic E-state index is 0.0949. The van der Waals surface area contributed by atoms with Crippen LogP contribution in [0.25, 0.3) is 0 Å². The summed E-state index contributed by atoms with van der Waals surface area (Å²) >= 11 is 0. The van der Waals surface area contributed by atoms with Crippen molar-refractivity contribution in [3.05, 3.63) is 11.8 Å². The Hall–Kier alpha value is -1.16. The number of carbonyl (C=O) groups is 1. The third kappa shape index (κ3) is 3.83. The van der Waals surface area contributed by atoms with Crippen molar-refractivity contribution >= 4 is 12.1 Å². The smallest absolute Gasteiger partial charge is 0.269 e. The van der Waals surface area contributed by atoms with Crippen LogP contribution in [-0.4, -0.2) is 31.4 Å². The Morgan fingerprint density at radius 2 is 2.07 bits per heavy atom. The largest absolute Gasteiger partial charge is 0.381 e. The van der Waals surface area contributed by atoms with E-state index in [1.54, 1.807) is 19.2 Å². The molecule has 0 aromatic rings. The van der Waals surface area contributed by atoms with E-state index in [1.807, 2.05) is 6.92 Å². The summed E-state index contributed by atoms with van der Waals surface area (Å²) in [6.45, 7) is 5.07. The van der Waals surface area contributed by atoms with Crippen LogP contribution < -0.4 is 5.32 Å². The van der Waals surface area contributed by atoms with Gasteiger partial charge in [0.15, 0.2) is 0 Å². The topological polar surface area (TPSA) is 50.7 Å². The second kappa shape index (κ2) is 6.35. The van der Waals surface area contributed by atoms with Gasteiger partial charge in [-0.05, 0) is 26.7 Å². The number of nitrogens with zero attached hydrogens (tertiary/aromatic N) is 1. The zero-order valence-corrected chi connectivity index (χ0v) is 9.32. The first kappa shape index (κ1) is 11.9. The maximum Gasteiger partial charge on any atom is 0.269 e. The van der Waals surface area contributed by atoms with Gasteiger partial charge in [-0.3, -0.25) is 9.79 Å². The van der Waals surface area contributed by atoms with E-state index in [4.69, 9.17) is 4.74 Å². The van der Waals surface area contributed by atoms with Crippen LogP contribution in [0.4, 0.5) is 0 Å². The Balaban J connectivity index is 2.46. The zero-order chi connectivity index (χ0) is 11.1. The summed E-state index contributed by atoms with van der Waals surface area (Å²) < 4.78 is 5.22. The number of rotatable bonds is 3. The molecular weight excluding hydrogens is 192 g/mol. The molecule has 0 aromatic carbocycles. The normalized spacial score (nSPS) is 19.5. The minimum atomic E-state index is -0.0949. The first-order valence-corrected chi connectivity index (χ1v) is 5.31. The summed E-state index contributed by atoms with van der Waals surface area (Å²) in [6.07, 6.45) is 5.12. The van der Waals surface area contributed by atoms with Gasteiger partial charge in [-0.2, -0.15) is 0 Å². The van der Waals surface area contributed by atoms with Crippen LogP contribution in [0.15, 0.2) is 16.8 Å². The van der Waals surface area contributed by atoms with Gasteiger partial charge < -0.3 is 10.1 Å². The van der Waals surface area contributed by atoms with Gasteiger partial charge in [0.1, 0.15) is 5.70 Å². The Bertz CT molecular complexity index is 266. The van der Waals surface area contributed by atoms with Crippen LogP contribution in [-0.2, 0) is 9.53 Å². The molecule has 0 aliphatic carbocycles. The number of hydrogen-bond donors (Lipinski definition) is 1. The molecule has 0 radical (unpaired) electrons. The van der Waals surface area contributed by atoms with E-state index >= 15 is 0 Å². The van der Waals surface area contributed by atoms with Crippen molar-refractivity contribution in [2.24, 2.45) is 4.99 Å². The number of nitrogens with one attached hydrogen (secondary N) is 1. The van der Waals surface area contributed by atoms with Gasteiger partial charge in [-0.15, -0.1) is 0 Å². The fourth-order valence-corrected chi connectivity index (χ4v) is 1.50. The van der Waals surface area contributed by atoms with Gasteiger partial charge >= 0.3 is 0 Å². The van der Waals surface area contributed by atoms with Crippen molar-refractivity contribution in [2.75, 3.05) is 13.2 Å². The third-order valence-corrected chi connectivity index (χ3v) is 2.33. The second-order valence-corrected chi connectivity index (χ2v) is 3.42. The van der Waals surface area contributed by atoms with E-state index in [-0.39, 0.29) is 11.9 Å². The quantitative estimate of drug-likeness (QED) is 0.563. The molecule has 4 nitrogen and oxygen atoms in total. The molecule has 0 spiro atoms. The lowest BCUT2D eigenvalue weighted by atomic mass is 10.1. The van der Waals surface area contributed by atoms with Crippen LogP contribution in [0.5, 0.6) is 0 Å². The lowest BCUT2D eigenvalue weighted by molar-refractivity contribution is -0.118. The lowest BCUT2D eigenvalue weighted by Gasteiger charge is -2.23. The third-order valence-electron chi connectivity index (χ3n) is 2.33. The Labute approximate surface area is 90.4 Å². The van der Waals surface area contributed by atoms with E-state index in [2.05, 4.69) is 10.3 Å². The van der Waals surface area contributed by atoms with Crippen molar-refractivity contribution in [3.63, 3.8) is 0 Å². The number of carbonyl (C=O) groups excluding carboxylic acids is 1. The van der Waals surface area contributed by atoms with E-state index in [9.17, 15) is 4.79 Å². The number of hydrogen-bond acceptors (Lipinski definition) is 3. The average Bonchev–Trinajstić information content (AvgIpc) is 2.27. The van der Waals surface area contributed by atoms with Crippen molar-refractivity contribution in [1.29, 1.82) is 0 Å². The Morgan fingerprint density at radius 1 is 1.40 bits per heavy atom. The fourth-order valence-electron chi connectivity index (χ4n) is 1.50. The van der Waals surface area contributed by atoms with Gasteiger partial charge in [0.25, 0.3) is 5.91 Å². The SMILES string of the molecule is CC=NC(=CC)C(=O)NC1CCOCC1. The van der Waals surface area contributed by atoms with E-state index in [0.29, 0.717) is 5.70 Å². The molecule has 0 bridgehead atoms. The molecule has 1 aliphatic heterocycles. The van der Waals surface area contributed by atoms with Gasteiger partial charge in [-0.25, -0.2) is 0 Å². The monoisotopic (exact) mass is 210 g/mol. The van der Waals surface area contributed by atoms with Crippen LogP contribution in [0.1, 0.15) is 26.7 Å². The molecule has 15 heavy (non-hydrogen) atoms. The second-order valence-electron chi connectivity index (χ2n) is 3.42. The first-order valence-electron chi connectivity index (χ1n) is 5.31. The summed E-state index contributed by atoms with van der Waals surface area (Å²) in [5, 5.41) is 2.95. The van der Waals surface area contributed by atoms with E-state index < -0.39 is 0 Å². The van der Waals surface area contributed by atoms with Crippen LogP contribution in [0, 0.1) is 0 Å². The van der Waals surface area contributed by atoms with Gasteiger partial charge in [0, 0.05) is 25.5 Å². The highest BCUT2D eigenvalue weighted by Crippen LogP contribution is 2.07. The molecule has 1 amide bonds. The molecule has 84 valence electrons. The maximum absolute atomic E-state index is 11.7. The van der Waals surface area contributed by atoms with Gasteiger partial charge in [0.2, 0.25) is 0 Å². The molecule has 1 heterocycles. The highest BCUT2D eigenvalue weighted by atomic mass is 16.5. The number of ether oxygens (including phenoxy) is 1. The highest BCUT2D eigenvalue weighted by Gasteiger charge is 2.17. The Morgan fingerprint density at radius 3 is 2.60 bits per heavy atom. The van der Waals surface area contributed by atoms with Gasteiger partial charge in [-0.1, -0.05) is 6.08 Å². The summed E-state index contributed by atoms with van der Waals surface area (Å²) in [5.41, 5.74) is 0.476. The summed E-state index contributed by atoms with van der Waals surface area (Å²) in [6, 6.07) is 0.230. The fraction of sp³-hybridized carbons (Fsp3) is 0.636. The average molecular weight is 210 g/mol. The zero-order valence-electron chi connectivity index (χ0n) is 9.32. The van der Waals surface area contributed by atoms with Crippen LogP contribution in [0.3, 0.4) is 0 Å². The van der Waals surface area contributed by atoms with Crippen LogP contribution >= 0.6 is 0 Å². The number of aliphatic imine (C=N–C) groups is 1. The lowest BCUT2D eigenvalue weighted by Crippen LogP contribution is -2.39. The molecule has 4 heteroatoms. The standard InChI is InChI=1S/C11H18N2O2/c1-3-10(12-4-2)11(14)13-9-5-7-15-8-6-9/h3-4,9H,5-8H2,1-2H3,(H,13,14). The molecule has 1 fully saturated rings. The van der Waals surface area contributed by atoms with E-state index in [0.717, 1.165) is 26.1 Å². The molecule has 0 unspecified atom stereocenters. The molecule has 1 rings (SSSR count). The minimum Gasteiger partial charge on any atom is -0.381 e. The molecule has 1 aliphatic rings. The molecule has 1 N–H and O–H groups in total. The summed E-state index contributed by atoms with van der Waals surface area (Å²) in [4.78, 5) is 15.7. The van der Waals surface area contributed by atoms with Gasteiger partial charge in [0.05, 0.1) is 0 Å². The van der Waals surface area contributed by atoms with Crippen molar-refractivity contribution in [1.82, 2.24) is 5.32 Å². The Kier molecular flexibility index (Phi) is 5.04. The molecule has 1 saturated heterocycles. The van der Waals surface area contributed by atoms with Crippen molar-refractivity contribution in [3.8, 4) is 0 Å². The molecule has 0 aromatic heterocycles. The number of allylic oxidation sites excluding steroid dienone is 1. The predicted molar refractivity (Wildman–Crippen MR) is 59.9 cm³/mol. The summed E-state index contributed by atoms with van der Waals surface area (Å²) in [5.74, 6) is -0.0949. The number of amides is 1. The molecular formula is C11H18N2O2. The summed E-state index contributed by atoms with van der Waals surface area (Å²) in [7, 11) is 0. The molecule has 0 atom stereocenters. The molecule has 0 saturated carbocycles. The van der Waals surface area contributed by atoms with E-state index in [1.165, 1.54) is 0 Å². The maximum atomic E-state index is 11.7. The highest BCUT2D eigenvalue weighted by molar-refractivity contribution is 5.94.